The van der Waals surface area contributed by atoms with E-state index in [-0.39, 0.29) is 0 Å². The van der Waals surface area contributed by atoms with Gasteiger partial charge in [-0.3, -0.25) is 4.99 Å². The minimum absolute atomic E-state index is 1.08. The van der Waals surface area contributed by atoms with Gasteiger partial charge in [0.25, 0.3) is 0 Å². The molecular weight excluding hydrogens is 569 g/mol. The molecule has 0 saturated carbocycles. The molecule has 0 unspecified atom stereocenters. The summed E-state index contributed by atoms with van der Waals surface area (Å²) in [4.78, 5) is 7.87. The number of aliphatic imine (C=N–C) groups is 1. The van der Waals surface area contributed by atoms with Crippen LogP contribution in [0.2, 0.25) is 0 Å². The minimum Gasteiger partial charge on any atom is -0.360 e. The monoisotopic (exact) mass is 657 g/mol. The SMILES string of the molecule is C1CCCCCCCCCCCCCCCCCCCN=C2CCCCCN2CCCCCCCCCCCCCCCCCCC1. The topological polar surface area (TPSA) is 15.6 Å². The summed E-state index contributed by atoms with van der Waals surface area (Å²) in [6, 6.07) is 0. The lowest BCUT2D eigenvalue weighted by Gasteiger charge is -2.24. The summed E-state index contributed by atoms with van der Waals surface area (Å²) in [7, 11) is 0. The van der Waals surface area contributed by atoms with Gasteiger partial charge in [0, 0.05) is 26.1 Å². The van der Waals surface area contributed by atoms with Crippen molar-refractivity contribution in [1.29, 1.82) is 0 Å². The highest BCUT2D eigenvalue weighted by Gasteiger charge is 2.14. The molecule has 0 radical (unpaired) electrons. The van der Waals surface area contributed by atoms with Gasteiger partial charge in [0.2, 0.25) is 0 Å². The molecule has 0 aromatic carbocycles. The molecule has 0 atom stereocenters. The molecule has 2 heterocycles. The van der Waals surface area contributed by atoms with Crippen LogP contribution in [0, 0.1) is 0 Å². The molecule has 47 heavy (non-hydrogen) atoms. The Morgan fingerprint density at radius 2 is 0.447 bits per heavy atom. The Bertz CT molecular complexity index is 642. The lowest BCUT2D eigenvalue weighted by atomic mass is 10.0. The van der Waals surface area contributed by atoms with Crippen LogP contribution in [0.3, 0.4) is 0 Å². The third-order valence-corrected chi connectivity index (χ3v) is 11.6. The van der Waals surface area contributed by atoms with Crippen LogP contribution in [0.1, 0.15) is 263 Å². The molecule has 2 aliphatic rings. The van der Waals surface area contributed by atoms with Crippen molar-refractivity contribution >= 4 is 5.84 Å². The van der Waals surface area contributed by atoms with E-state index in [0.29, 0.717) is 0 Å². The Hall–Kier alpha value is -0.530. The first-order valence-corrected chi connectivity index (χ1v) is 22.7. The van der Waals surface area contributed by atoms with Gasteiger partial charge in [-0.05, 0) is 25.7 Å². The largest absolute Gasteiger partial charge is 0.360 e. The first-order valence-electron chi connectivity index (χ1n) is 22.7. The molecule has 2 rings (SSSR count). The van der Waals surface area contributed by atoms with Crippen molar-refractivity contribution in [3.8, 4) is 0 Å². The fraction of sp³-hybridized carbons (Fsp3) is 0.978. The highest BCUT2D eigenvalue weighted by Crippen LogP contribution is 2.19. The molecule has 0 amide bonds. The van der Waals surface area contributed by atoms with Crippen molar-refractivity contribution in [2.45, 2.75) is 263 Å². The number of hydrogen-bond acceptors (Lipinski definition) is 2. The summed E-state index contributed by atoms with van der Waals surface area (Å²) in [6.07, 6.45) is 59.7. The Balaban J connectivity index is 1.56. The van der Waals surface area contributed by atoms with E-state index in [0.717, 1.165) is 6.54 Å². The summed E-state index contributed by atoms with van der Waals surface area (Å²) in [5, 5.41) is 0. The van der Waals surface area contributed by atoms with E-state index in [1.165, 1.54) is 282 Å². The van der Waals surface area contributed by atoms with Crippen molar-refractivity contribution in [3.05, 3.63) is 0 Å². The van der Waals surface area contributed by atoms with Crippen molar-refractivity contribution in [1.82, 2.24) is 4.90 Å². The highest BCUT2D eigenvalue weighted by molar-refractivity contribution is 5.82. The molecule has 0 spiro atoms. The third kappa shape index (κ3) is 29.0. The zero-order valence-corrected chi connectivity index (χ0v) is 32.5. The van der Waals surface area contributed by atoms with E-state index >= 15 is 0 Å². The van der Waals surface area contributed by atoms with Crippen molar-refractivity contribution in [2.24, 2.45) is 4.99 Å². The first kappa shape index (κ1) is 42.6. The molecule has 0 aromatic rings. The molecule has 2 heteroatoms. The zero-order valence-electron chi connectivity index (χ0n) is 32.5. The molecule has 1 saturated heterocycles. The number of hydrogen-bond donors (Lipinski definition) is 0. The van der Waals surface area contributed by atoms with E-state index < -0.39 is 0 Å². The van der Waals surface area contributed by atoms with Crippen molar-refractivity contribution < 1.29 is 0 Å². The quantitative estimate of drug-likeness (QED) is 0.253. The third-order valence-electron chi connectivity index (χ3n) is 11.6. The van der Waals surface area contributed by atoms with Gasteiger partial charge in [0.05, 0.1) is 5.84 Å². The smallest absolute Gasteiger partial charge is 0.0988 e. The maximum Gasteiger partial charge on any atom is 0.0988 e. The average Bonchev–Trinajstić information content (AvgIpc) is 3.31. The van der Waals surface area contributed by atoms with Crippen LogP contribution in [0.25, 0.3) is 0 Å². The van der Waals surface area contributed by atoms with Gasteiger partial charge in [0.15, 0.2) is 0 Å². The maximum absolute atomic E-state index is 5.18. The second-order valence-electron chi connectivity index (χ2n) is 16.2. The Morgan fingerprint density at radius 1 is 0.234 bits per heavy atom. The van der Waals surface area contributed by atoms with E-state index in [9.17, 15) is 0 Å². The van der Waals surface area contributed by atoms with Gasteiger partial charge in [-0.15, -0.1) is 0 Å². The van der Waals surface area contributed by atoms with Crippen molar-refractivity contribution in [2.75, 3.05) is 19.6 Å². The fourth-order valence-corrected chi connectivity index (χ4v) is 8.28. The van der Waals surface area contributed by atoms with Crippen LogP contribution in [0.4, 0.5) is 0 Å². The first-order chi connectivity index (χ1) is 23.5. The molecule has 0 aromatic heterocycles. The lowest BCUT2D eigenvalue weighted by molar-refractivity contribution is 0.394. The second-order valence-corrected chi connectivity index (χ2v) is 16.2. The summed E-state index contributed by atoms with van der Waals surface area (Å²) in [6.45, 7) is 3.60. The predicted octanol–water partition coefficient (Wildman–Crippen LogP) is 15.7. The number of nitrogens with zero attached hydrogens (tertiary/aromatic N) is 2. The van der Waals surface area contributed by atoms with E-state index in [4.69, 9.17) is 4.99 Å². The predicted molar refractivity (Wildman–Crippen MR) is 213 cm³/mol. The minimum atomic E-state index is 1.08. The Kier molecular flexibility index (Phi) is 32.0. The van der Waals surface area contributed by atoms with Crippen LogP contribution in [0.15, 0.2) is 4.99 Å². The second kappa shape index (κ2) is 35.3. The standard InChI is InChI=1S/C45H88N2/c1-2-4-6-8-10-12-14-16-18-20-22-24-26-28-30-32-34-38-42-46-45-41-37-36-40-44-47(45)43-39-35-33-31-29-27-25-23-21-19-17-15-13-11-9-7-5-3-1/h1-44H2. The molecule has 2 nitrogen and oxygen atoms in total. The van der Waals surface area contributed by atoms with Crippen LogP contribution >= 0.6 is 0 Å². The number of fused-ring (bicyclic) bond motifs is 1. The Labute approximate surface area is 297 Å². The average molecular weight is 657 g/mol. The van der Waals surface area contributed by atoms with Gasteiger partial charge in [-0.2, -0.15) is 0 Å². The molecule has 0 aliphatic carbocycles. The van der Waals surface area contributed by atoms with Crippen molar-refractivity contribution in [3.63, 3.8) is 0 Å². The number of amidine groups is 1. The van der Waals surface area contributed by atoms with Crippen LogP contribution in [0.5, 0.6) is 0 Å². The summed E-state index contributed by atoms with van der Waals surface area (Å²) in [5.41, 5.74) is 0. The zero-order chi connectivity index (χ0) is 33.0. The molecule has 0 bridgehead atoms. The molecular formula is C45H88N2. The summed E-state index contributed by atoms with van der Waals surface area (Å²) < 4.78 is 0. The highest BCUT2D eigenvalue weighted by atomic mass is 15.2. The van der Waals surface area contributed by atoms with Gasteiger partial charge >= 0.3 is 0 Å². The summed E-state index contributed by atoms with van der Waals surface area (Å²) in [5.74, 6) is 1.47. The van der Waals surface area contributed by atoms with Gasteiger partial charge in [0.1, 0.15) is 0 Å². The van der Waals surface area contributed by atoms with Gasteiger partial charge in [-0.1, -0.05) is 231 Å². The van der Waals surface area contributed by atoms with E-state index in [1.54, 1.807) is 0 Å². The fourth-order valence-electron chi connectivity index (χ4n) is 8.28. The number of rotatable bonds is 0. The lowest BCUT2D eigenvalue weighted by Crippen LogP contribution is -2.31. The van der Waals surface area contributed by atoms with Crippen LogP contribution in [-0.2, 0) is 0 Å². The summed E-state index contributed by atoms with van der Waals surface area (Å²) >= 11 is 0. The van der Waals surface area contributed by atoms with E-state index in [1.807, 2.05) is 0 Å². The van der Waals surface area contributed by atoms with Crippen LogP contribution < -0.4 is 0 Å². The van der Waals surface area contributed by atoms with Gasteiger partial charge < -0.3 is 4.90 Å². The molecule has 2 aliphatic heterocycles. The molecule has 278 valence electrons. The molecule has 0 N–H and O–H groups in total. The Morgan fingerprint density at radius 3 is 0.723 bits per heavy atom. The van der Waals surface area contributed by atoms with Crippen LogP contribution in [-0.4, -0.2) is 30.4 Å². The van der Waals surface area contributed by atoms with E-state index in [2.05, 4.69) is 4.90 Å². The normalized spacial score (nSPS) is 24.3. The molecule has 1 fully saturated rings. The maximum atomic E-state index is 5.18. The van der Waals surface area contributed by atoms with Gasteiger partial charge in [-0.25, -0.2) is 0 Å².